The van der Waals surface area contributed by atoms with Crippen molar-refractivity contribution in [2.24, 2.45) is 0 Å². The molecule has 1 aromatic heterocycles. The van der Waals surface area contributed by atoms with Crippen molar-refractivity contribution in [1.82, 2.24) is 15.2 Å². The van der Waals surface area contributed by atoms with Gasteiger partial charge in [-0.05, 0) is 30.5 Å². The van der Waals surface area contributed by atoms with Crippen LogP contribution in [0.25, 0.3) is 0 Å². The zero-order valence-electron chi connectivity index (χ0n) is 16.1. The normalized spacial score (nSPS) is 15.9. The third kappa shape index (κ3) is 5.02. The topological polar surface area (TPSA) is 110 Å². The van der Waals surface area contributed by atoms with Crippen molar-refractivity contribution >= 4 is 34.3 Å². The Balaban J connectivity index is 1.51. The SMILES string of the molecule is COc1ccc(CCN2C(=O)NC(CCC(=O)Nc3nccs3)C2=O)cc1OC. The van der Waals surface area contributed by atoms with E-state index in [1.54, 1.807) is 31.9 Å². The number of amides is 4. The molecular weight excluding hydrogens is 396 g/mol. The van der Waals surface area contributed by atoms with E-state index in [0.29, 0.717) is 23.1 Å². The van der Waals surface area contributed by atoms with Crippen LogP contribution < -0.4 is 20.1 Å². The minimum absolute atomic E-state index is 0.111. The molecule has 1 aromatic carbocycles. The molecule has 154 valence electrons. The van der Waals surface area contributed by atoms with E-state index in [-0.39, 0.29) is 31.2 Å². The molecule has 10 heteroatoms. The summed E-state index contributed by atoms with van der Waals surface area (Å²) in [6.07, 6.45) is 2.42. The number of rotatable bonds is 9. The van der Waals surface area contributed by atoms with Crippen molar-refractivity contribution in [2.75, 3.05) is 26.1 Å². The number of urea groups is 1. The van der Waals surface area contributed by atoms with Gasteiger partial charge < -0.3 is 20.1 Å². The lowest BCUT2D eigenvalue weighted by molar-refractivity contribution is -0.127. The fourth-order valence-corrected chi connectivity index (χ4v) is 3.55. The Kier molecular flexibility index (Phi) is 6.65. The van der Waals surface area contributed by atoms with Crippen molar-refractivity contribution in [1.29, 1.82) is 0 Å². The van der Waals surface area contributed by atoms with Gasteiger partial charge in [-0.25, -0.2) is 9.78 Å². The van der Waals surface area contributed by atoms with Gasteiger partial charge in [-0.15, -0.1) is 11.3 Å². The first-order valence-corrected chi connectivity index (χ1v) is 9.92. The van der Waals surface area contributed by atoms with Crippen molar-refractivity contribution in [2.45, 2.75) is 25.3 Å². The number of imide groups is 1. The van der Waals surface area contributed by atoms with Gasteiger partial charge in [-0.2, -0.15) is 0 Å². The Morgan fingerprint density at radius 2 is 2.07 bits per heavy atom. The lowest BCUT2D eigenvalue weighted by Crippen LogP contribution is -2.33. The Labute approximate surface area is 172 Å². The van der Waals surface area contributed by atoms with Crippen LogP contribution in [0.4, 0.5) is 9.93 Å². The smallest absolute Gasteiger partial charge is 0.324 e. The Hall–Kier alpha value is -3.14. The van der Waals surface area contributed by atoms with Gasteiger partial charge in [-0.1, -0.05) is 6.07 Å². The average molecular weight is 418 g/mol. The van der Waals surface area contributed by atoms with Crippen molar-refractivity contribution in [3.63, 3.8) is 0 Å². The molecule has 9 nitrogen and oxygen atoms in total. The van der Waals surface area contributed by atoms with E-state index in [1.165, 1.54) is 16.2 Å². The summed E-state index contributed by atoms with van der Waals surface area (Å²) in [5.41, 5.74) is 0.912. The van der Waals surface area contributed by atoms with E-state index < -0.39 is 12.1 Å². The van der Waals surface area contributed by atoms with E-state index in [2.05, 4.69) is 15.6 Å². The van der Waals surface area contributed by atoms with Gasteiger partial charge in [-0.3, -0.25) is 14.5 Å². The number of anilines is 1. The molecular formula is C19H22N4O5S. The number of hydrogen-bond acceptors (Lipinski definition) is 7. The first-order valence-electron chi connectivity index (χ1n) is 9.04. The van der Waals surface area contributed by atoms with Crippen molar-refractivity contribution < 1.29 is 23.9 Å². The predicted octanol–water partition coefficient (Wildman–Crippen LogP) is 2.04. The maximum atomic E-state index is 12.5. The highest BCUT2D eigenvalue weighted by molar-refractivity contribution is 7.13. The van der Waals surface area contributed by atoms with Crippen LogP contribution in [-0.2, 0) is 16.0 Å². The highest BCUT2D eigenvalue weighted by Gasteiger charge is 2.37. The zero-order chi connectivity index (χ0) is 20.8. The molecule has 29 heavy (non-hydrogen) atoms. The largest absolute Gasteiger partial charge is 0.493 e. The monoisotopic (exact) mass is 418 g/mol. The first kappa shape index (κ1) is 20.6. The molecule has 1 atom stereocenters. The number of ether oxygens (including phenoxy) is 2. The predicted molar refractivity (Wildman–Crippen MR) is 107 cm³/mol. The average Bonchev–Trinajstić information content (AvgIpc) is 3.32. The molecule has 3 rings (SSSR count). The van der Waals surface area contributed by atoms with Crippen LogP contribution in [0.2, 0.25) is 0 Å². The van der Waals surface area contributed by atoms with Crippen molar-refractivity contribution in [3.8, 4) is 11.5 Å². The molecule has 1 saturated heterocycles. The second-order valence-corrected chi connectivity index (χ2v) is 7.25. The van der Waals surface area contributed by atoms with Gasteiger partial charge in [0, 0.05) is 24.5 Å². The number of nitrogens with one attached hydrogen (secondary N) is 2. The Bertz CT molecular complexity index is 887. The molecule has 0 spiro atoms. The molecule has 1 unspecified atom stereocenters. The molecule has 1 aliphatic rings. The lowest BCUT2D eigenvalue weighted by atomic mass is 10.1. The Morgan fingerprint density at radius 1 is 1.28 bits per heavy atom. The number of thiazole rings is 1. The van der Waals surface area contributed by atoms with Gasteiger partial charge in [0.2, 0.25) is 5.91 Å². The summed E-state index contributed by atoms with van der Waals surface area (Å²) >= 11 is 1.32. The van der Waals surface area contributed by atoms with E-state index in [1.807, 2.05) is 12.1 Å². The molecule has 2 heterocycles. The van der Waals surface area contributed by atoms with E-state index in [0.717, 1.165) is 5.56 Å². The fourth-order valence-electron chi connectivity index (χ4n) is 3.00. The highest BCUT2D eigenvalue weighted by Crippen LogP contribution is 2.28. The van der Waals surface area contributed by atoms with Crippen molar-refractivity contribution in [3.05, 3.63) is 35.3 Å². The van der Waals surface area contributed by atoms with Crippen LogP contribution in [0.3, 0.4) is 0 Å². The van der Waals surface area contributed by atoms with Crippen LogP contribution in [0, 0.1) is 0 Å². The van der Waals surface area contributed by atoms with Gasteiger partial charge in [0.1, 0.15) is 6.04 Å². The molecule has 2 N–H and O–H groups in total. The highest BCUT2D eigenvalue weighted by atomic mass is 32.1. The first-order chi connectivity index (χ1) is 14.0. The standard InChI is InChI=1S/C19H22N4O5S/c1-27-14-5-3-12(11-15(14)28-2)7-9-23-17(25)13(21-19(23)26)4-6-16(24)22-18-20-8-10-29-18/h3,5,8,10-11,13H,4,6-7,9H2,1-2H3,(H,21,26)(H,20,22,24). The molecule has 4 amide bonds. The number of benzene rings is 1. The summed E-state index contributed by atoms with van der Waals surface area (Å²) in [6.45, 7) is 0.238. The number of aromatic nitrogens is 1. The second-order valence-electron chi connectivity index (χ2n) is 6.36. The third-order valence-corrected chi connectivity index (χ3v) is 5.21. The number of nitrogens with zero attached hydrogens (tertiary/aromatic N) is 2. The summed E-state index contributed by atoms with van der Waals surface area (Å²) in [6, 6.07) is 4.32. The van der Waals surface area contributed by atoms with Crippen LogP contribution in [0.1, 0.15) is 18.4 Å². The van der Waals surface area contributed by atoms with Gasteiger partial charge in [0.05, 0.1) is 14.2 Å². The minimum Gasteiger partial charge on any atom is -0.493 e. The maximum absolute atomic E-state index is 12.5. The molecule has 1 fully saturated rings. The summed E-state index contributed by atoms with van der Waals surface area (Å²) in [4.78, 5) is 41.8. The van der Waals surface area contributed by atoms with Crippen LogP contribution >= 0.6 is 11.3 Å². The maximum Gasteiger partial charge on any atom is 0.324 e. The number of carbonyl (C=O) groups is 3. The van der Waals surface area contributed by atoms with Crippen LogP contribution in [-0.4, -0.2) is 54.5 Å². The Morgan fingerprint density at radius 3 is 2.76 bits per heavy atom. The van der Waals surface area contributed by atoms with Crippen LogP contribution in [0.5, 0.6) is 11.5 Å². The summed E-state index contributed by atoms with van der Waals surface area (Å²) in [5, 5.41) is 7.57. The van der Waals surface area contributed by atoms with Crippen LogP contribution in [0.15, 0.2) is 29.8 Å². The quantitative estimate of drug-likeness (QED) is 0.603. The molecule has 2 aromatic rings. The van der Waals surface area contributed by atoms with Gasteiger partial charge in [0.15, 0.2) is 16.6 Å². The lowest BCUT2D eigenvalue weighted by Gasteiger charge is -2.14. The summed E-state index contributed by atoms with van der Waals surface area (Å²) in [5.74, 6) is 0.636. The zero-order valence-corrected chi connectivity index (χ0v) is 17.0. The number of hydrogen-bond donors (Lipinski definition) is 2. The summed E-state index contributed by atoms with van der Waals surface area (Å²) < 4.78 is 10.5. The summed E-state index contributed by atoms with van der Waals surface area (Å²) in [7, 11) is 3.11. The van der Waals surface area contributed by atoms with E-state index in [4.69, 9.17) is 9.47 Å². The number of methoxy groups -OCH3 is 2. The second kappa shape index (κ2) is 9.37. The number of carbonyl (C=O) groups excluding carboxylic acids is 3. The molecule has 1 aliphatic heterocycles. The van der Waals surface area contributed by atoms with E-state index >= 15 is 0 Å². The minimum atomic E-state index is -0.699. The van der Waals surface area contributed by atoms with Gasteiger partial charge >= 0.3 is 6.03 Å². The molecule has 0 bridgehead atoms. The molecule has 0 radical (unpaired) electrons. The fraction of sp³-hybridized carbons (Fsp3) is 0.368. The van der Waals surface area contributed by atoms with Gasteiger partial charge in [0.25, 0.3) is 5.91 Å². The third-order valence-electron chi connectivity index (χ3n) is 4.52. The van der Waals surface area contributed by atoms with E-state index in [9.17, 15) is 14.4 Å². The molecule has 0 aliphatic carbocycles. The molecule has 0 saturated carbocycles.